The van der Waals surface area contributed by atoms with E-state index in [2.05, 4.69) is 51.2 Å². The summed E-state index contributed by atoms with van der Waals surface area (Å²) in [5, 5.41) is 3.52. The lowest BCUT2D eigenvalue weighted by atomic mass is 10.1. The average Bonchev–Trinajstić information content (AvgIpc) is 2.27. The minimum atomic E-state index is 0.165. The normalized spacial score (nSPS) is 11.8. The molecule has 1 aromatic rings. The van der Waals surface area contributed by atoms with E-state index in [0.29, 0.717) is 0 Å². The monoisotopic (exact) mass is 267 g/mol. The van der Waals surface area contributed by atoms with Crippen molar-refractivity contribution in [2.45, 2.75) is 44.7 Å². The maximum atomic E-state index is 5.06. The van der Waals surface area contributed by atoms with Gasteiger partial charge in [-0.3, -0.25) is 0 Å². The number of hydrogen-bond acceptors (Lipinski definition) is 3. The Bertz CT molecular complexity index is 371. The molecule has 0 saturated carbocycles. The molecule has 3 heteroatoms. The highest BCUT2D eigenvalue weighted by molar-refractivity contribution is 7.99. The molecule has 0 aromatic heterocycles. The number of ether oxygens (including phenoxy) is 1. The maximum absolute atomic E-state index is 5.06. The van der Waals surface area contributed by atoms with Gasteiger partial charge in [0, 0.05) is 29.8 Å². The van der Waals surface area contributed by atoms with E-state index >= 15 is 0 Å². The molecule has 0 atom stereocenters. The molecule has 18 heavy (non-hydrogen) atoms. The second kappa shape index (κ2) is 7.17. The number of thioether (sulfide) groups is 1. The van der Waals surface area contributed by atoms with Crippen molar-refractivity contribution in [3.05, 3.63) is 29.3 Å². The van der Waals surface area contributed by atoms with Crippen molar-refractivity contribution in [3.63, 3.8) is 0 Å². The fourth-order valence-electron chi connectivity index (χ4n) is 1.56. The molecule has 0 bridgehead atoms. The molecule has 0 saturated heterocycles. The Labute approximate surface area is 116 Å². The molecule has 0 aliphatic heterocycles. The molecule has 102 valence electrons. The first-order valence-corrected chi connectivity index (χ1v) is 7.37. The Hall–Kier alpha value is -0.510. The Balaban J connectivity index is 2.56. The van der Waals surface area contributed by atoms with Gasteiger partial charge in [0.25, 0.3) is 0 Å². The summed E-state index contributed by atoms with van der Waals surface area (Å²) < 4.78 is 5.06. The van der Waals surface area contributed by atoms with Crippen molar-refractivity contribution < 1.29 is 4.74 Å². The van der Waals surface area contributed by atoms with Gasteiger partial charge in [0.1, 0.15) is 0 Å². The van der Waals surface area contributed by atoms with Gasteiger partial charge in [-0.25, -0.2) is 0 Å². The summed E-state index contributed by atoms with van der Waals surface area (Å²) in [7, 11) is 1.74. The quantitative estimate of drug-likeness (QED) is 0.628. The maximum Gasteiger partial charge on any atom is 0.0556 e. The molecule has 0 aliphatic rings. The highest BCUT2D eigenvalue weighted by Gasteiger charge is 2.09. The lowest BCUT2D eigenvalue weighted by Gasteiger charge is -2.21. The zero-order chi connectivity index (χ0) is 13.6. The molecule has 0 aliphatic carbocycles. The van der Waals surface area contributed by atoms with Gasteiger partial charge in [-0.15, -0.1) is 11.8 Å². The van der Waals surface area contributed by atoms with Crippen molar-refractivity contribution >= 4 is 11.8 Å². The van der Waals surface area contributed by atoms with Crippen LogP contribution in [0.5, 0.6) is 0 Å². The van der Waals surface area contributed by atoms with Gasteiger partial charge in [-0.2, -0.15) is 0 Å². The van der Waals surface area contributed by atoms with E-state index in [-0.39, 0.29) is 5.54 Å². The number of methoxy groups -OCH3 is 1. The third kappa shape index (κ3) is 5.89. The second-order valence-corrected chi connectivity index (χ2v) is 6.70. The first-order chi connectivity index (χ1) is 8.42. The number of benzene rings is 1. The van der Waals surface area contributed by atoms with Crippen molar-refractivity contribution in [1.29, 1.82) is 0 Å². The van der Waals surface area contributed by atoms with Gasteiger partial charge < -0.3 is 10.1 Å². The van der Waals surface area contributed by atoms with Crippen LogP contribution in [-0.4, -0.2) is 25.0 Å². The van der Waals surface area contributed by atoms with E-state index < -0.39 is 0 Å². The Morgan fingerprint density at radius 2 is 2.00 bits per heavy atom. The zero-order valence-electron chi connectivity index (χ0n) is 12.2. The third-order valence-corrected chi connectivity index (χ3v) is 3.64. The highest BCUT2D eigenvalue weighted by atomic mass is 32.2. The molecule has 0 fully saturated rings. The molecule has 0 spiro atoms. The van der Waals surface area contributed by atoms with Gasteiger partial charge in [0.15, 0.2) is 0 Å². The van der Waals surface area contributed by atoms with Crippen LogP contribution in [0.4, 0.5) is 0 Å². The fourth-order valence-corrected chi connectivity index (χ4v) is 2.47. The Kier molecular flexibility index (Phi) is 6.19. The van der Waals surface area contributed by atoms with Crippen LogP contribution in [0.1, 0.15) is 31.9 Å². The molecule has 1 aromatic carbocycles. The molecule has 0 heterocycles. The molecule has 1 N–H and O–H groups in total. The molecule has 0 amide bonds. The number of rotatable bonds is 6. The summed E-state index contributed by atoms with van der Waals surface area (Å²) in [5.41, 5.74) is 2.90. The van der Waals surface area contributed by atoms with Gasteiger partial charge >= 0.3 is 0 Å². The van der Waals surface area contributed by atoms with Crippen molar-refractivity contribution in [1.82, 2.24) is 5.32 Å². The minimum Gasteiger partial charge on any atom is -0.384 e. The van der Waals surface area contributed by atoms with Gasteiger partial charge in [-0.05, 0) is 51.0 Å². The van der Waals surface area contributed by atoms with Crippen LogP contribution in [0, 0.1) is 6.92 Å². The lowest BCUT2D eigenvalue weighted by molar-refractivity contribution is 0.218. The summed E-state index contributed by atoms with van der Waals surface area (Å²) in [6.07, 6.45) is 0. The van der Waals surface area contributed by atoms with Crippen LogP contribution in [0.2, 0.25) is 0 Å². The van der Waals surface area contributed by atoms with E-state index in [1.54, 1.807) is 7.11 Å². The third-order valence-electron chi connectivity index (χ3n) is 2.68. The SMILES string of the molecule is COCCSc1ccc(CNC(C)(C)C)c(C)c1. The van der Waals surface area contributed by atoms with Crippen LogP contribution in [0.3, 0.4) is 0 Å². The predicted octanol–water partition coefficient (Wildman–Crippen LogP) is 3.62. The Morgan fingerprint density at radius 3 is 2.56 bits per heavy atom. The highest BCUT2D eigenvalue weighted by Crippen LogP contribution is 2.21. The second-order valence-electron chi connectivity index (χ2n) is 5.53. The number of nitrogens with one attached hydrogen (secondary N) is 1. The Morgan fingerprint density at radius 1 is 1.28 bits per heavy atom. The topological polar surface area (TPSA) is 21.3 Å². The average molecular weight is 267 g/mol. The van der Waals surface area contributed by atoms with Crippen molar-refractivity contribution in [2.24, 2.45) is 0 Å². The standard InChI is InChI=1S/C15H25NOS/c1-12-10-14(18-9-8-17-5)7-6-13(12)11-16-15(2,3)4/h6-7,10,16H,8-9,11H2,1-5H3. The first kappa shape index (κ1) is 15.5. The van der Waals surface area contributed by atoms with Crippen LogP contribution in [-0.2, 0) is 11.3 Å². The largest absolute Gasteiger partial charge is 0.384 e. The van der Waals surface area contributed by atoms with E-state index in [0.717, 1.165) is 18.9 Å². The van der Waals surface area contributed by atoms with E-state index in [4.69, 9.17) is 4.74 Å². The summed E-state index contributed by atoms with van der Waals surface area (Å²) >= 11 is 1.85. The van der Waals surface area contributed by atoms with Crippen molar-refractivity contribution in [2.75, 3.05) is 19.5 Å². The first-order valence-electron chi connectivity index (χ1n) is 6.38. The van der Waals surface area contributed by atoms with Crippen LogP contribution in [0.25, 0.3) is 0 Å². The van der Waals surface area contributed by atoms with Gasteiger partial charge in [0.05, 0.1) is 6.61 Å². The summed E-state index contributed by atoms with van der Waals surface area (Å²) in [5.74, 6) is 1.01. The fraction of sp³-hybridized carbons (Fsp3) is 0.600. The molecule has 2 nitrogen and oxygen atoms in total. The van der Waals surface area contributed by atoms with Crippen LogP contribution < -0.4 is 5.32 Å². The number of hydrogen-bond donors (Lipinski definition) is 1. The molecular weight excluding hydrogens is 242 g/mol. The smallest absolute Gasteiger partial charge is 0.0556 e. The molecular formula is C15H25NOS. The summed E-state index contributed by atoms with van der Waals surface area (Å²) in [6, 6.07) is 6.69. The van der Waals surface area contributed by atoms with Gasteiger partial charge in [0.2, 0.25) is 0 Å². The predicted molar refractivity (Wildman–Crippen MR) is 80.4 cm³/mol. The lowest BCUT2D eigenvalue weighted by Crippen LogP contribution is -2.35. The molecule has 0 radical (unpaired) electrons. The van der Waals surface area contributed by atoms with E-state index in [1.165, 1.54) is 16.0 Å². The van der Waals surface area contributed by atoms with Gasteiger partial charge in [-0.1, -0.05) is 6.07 Å². The zero-order valence-corrected chi connectivity index (χ0v) is 13.0. The van der Waals surface area contributed by atoms with E-state index in [1.807, 2.05) is 11.8 Å². The number of aryl methyl sites for hydroxylation is 1. The van der Waals surface area contributed by atoms with Crippen LogP contribution >= 0.6 is 11.8 Å². The van der Waals surface area contributed by atoms with E-state index in [9.17, 15) is 0 Å². The molecule has 0 unspecified atom stereocenters. The summed E-state index contributed by atoms with van der Waals surface area (Å²) in [6.45, 7) is 10.5. The summed E-state index contributed by atoms with van der Waals surface area (Å²) in [4.78, 5) is 1.32. The molecule has 1 rings (SSSR count). The minimum absolute atomic E-state index is 0.165. The van der Waals surface area contributed by atoms with Crippen molar-refractivity contribution in [3.8, 4) is 0 Å². The van der Waals surface area contributed by atoms with Crippen LogP contribution in [0.15, 0.2) is 23.1 Å².